The van der Waals surface area contributed by atoms with Gasteiger partial charge >= 0.3 is 11.7 Å². The van der Waals surface area contributed by atoms with Gasteiger partial charge in [0, 0.05) is 0 Å². The van der Waals surface area contributed by atoms with Crippen molar-refractivity contribution in [1.82, 2.24) is 0 Å². The molecule has 0 aliphatic carbocycles. The van der Waals surface area contributed by atoms with Crippen molar-refractivity contribution in [2.45, 2.75) is 12.7 Å². The van der Waals surface area contributed by atoms with Crippen molar-refractivity contribution >= 4 is 15.8 Å². The highest BCUT2D eigenvalue weighted by Gasteiger charge is 2.29. The Morgan fingerprint density at radius 2 is 1.92 bits per heavy atom. The monoisotopic (exact) mass is 216 g/mol. The van der Waals surface area contributed by atoms with E-state index in [4.69, 9.17) is 0 Å². The zero-order valence-electron chi connectivity index (χ0n) is 7.16. The number of rotatable bonds is 4. The van der Waals surface area contributed by atoms with Crippen molar-refractivity contribution in [2.24, 2.45) is 5.92 Å². The van der Waals surface area contributed by atoms with Crippen LogP contribution < -0.4 is 0 Å². The fourth-order valence-corrected chi connectivity index (χ4v) is 1.67. The van der Waals surface area contributed by atoms with Gasteiger partial charge in [-0.1, -0.05) is 6.92 Å². The van der Waals surface area contributed by atoms with Gasteiger partial charge in [-0.15, -0.1) is 0 Å². The Kier molecular flexibility index (Phi) is 4.25. The number of carbonyl (C=O) groups excluding carboxylic acids is 1. The molecule has 0 bridgehead atoms. The van der Waals surface area contributed by atoms with E-state index in [2.05, 4.69) is 4.74 Å². The number of carbonyl (C=O) groups is 1. The topological polar surface area (TPSA) is 60.4 Å². The molecule has 1 unspecified atom stereocenters. The number of sulfone groups is 1. The summed E-state index contributed by atoms with van der Waals surface area (Å²) in [7, 11) is -3.42. The summed E-state index contributed by atoms with van der Waals surface area (Å²) in [4.78, 5) is 10.7. The van der Waals surface area contributed by atoms with Gasteiger partial charge in [0.25, 0.3) is 0 Å². The lowest BCUT2D eigenvalue weighted by atomic mass is 10.2. The highest BCUT2D eigenvalue weighted by atomic mass is 32.2. The molecule has 0 heterocycles. The molecule has 0 spiro atoms. The number of ether oxygens (including phenoxy) is 1. The van der Waals surface area contributed by atoms with E-state index in [1.165, 1.54) is 6.92 Å². The SMILES string of the molecule is COC(=O)C(C)CS(=O)(=O)C(F)F. The minimum atomic E-state index is -4.49. The van der Waals surface area contributed by atoms with Crippen molar-refractivity contribution < 1.29 is 26.7 Å². The molecule has 4 nitrogen and oxygen atoms in total. The molecule has 13 heavy (non-hydrogen) atoms. The van der Waals surface area contributed by atoms with Gasteiger partial charge in [-0.05, 0) is 0 Å². The van der Waals surface area contributed by atoms with E-state index in [-0.39, 0.29) is 0 Å². The smallest absolute Gasteiger partial charge is 0.336 e. The van der Waals surface area contributed by atoms with Crippen LogP contribution in [0.25, 0.3) is 0 Å². The van der Waals surface area contributed by atoms with Crippen LogP contribution in [0.4, 0.5) is 8.78 Å². The van der Waals surface area contributed by atoms with Crippen molar-refractivity contribution in [3.05, 3.63) is 0 Å². The number of halogens is 2. The molecule has 0 aliphatic heterocycles. The Bertz CT molecular complexity index is 272. The third kappa shape index (κ3) is 3.67. The van der Waals surface area contributed by atoms with Crippen molar-refractivity contribution in [1.29, 1.82) is 0 Å². The van der Waals surface area contributed by atoms with Crippen LogP contribution in [0.15, 0.2) is 0 Å². The lowest BCUT2D eigenvalue weighted by molar-refractivity contribution is -0.144. The minimum absolute atomic E-state index is 0.816. The van der Waals surface area contributed by atoms with E-state index in [1.807, 2.05) is 0 Å². The Hall–Kier alpha value is -0.720. The first-order valence-electron chi connectivity index (χ1n) is 3.38. The van der Waals surface area contributed by atoms with Crippen LogP contribution in [0.5, 0.6) is 0 Å². The average molecular weight is 216 g/mol. The largest absolute Gasteiger partial charge is 0.469 e. The van der Waals surface area contributed by atoms with Crippen LogP contribution in [0.2, 0.25) is 0 Å². The van der Waals surface area contributed by atoms with Crippen LogP contribution >= 0.6 is 0 Å². The summed E-state index contributed by atoms with van der Waals surface area (Å²) in [6, 6.07) is 0. The van der Waals surface area contributed by atoms with Gasteiger partial charge in [0.05, 0.1) is 18.8 Å². The molecule has 0 aliphatic rings. The molecule has 0 saturated carbocycles. The maximum absolute atomic E-state index is 11.8. The number of hydrogen-bond acceptors (Lipinski definition) is 4. The average Bonchev–Trinajstić information content (AvgIpc) is 2.01. The van der Waals surface area contributed by atoms with E-state index in [0.29, 0.717) is 0 Å². The van der Waals surface area contributed by atoms with Gasteiger partial charge in [-0.2, -0.15) is 8.78 Å². The van der Waals surface area contributed by atoms with E-state index < -0.39 is 33.2 Å². The number of methoxy groups -OCH3 is 1. The molecule has 0 saturated heterocycles. The van der Waals surface area contributed by atoms with Gasteiger partial charge in [0.15, 0.2) is 0 Å². The maximum atomic E-state index is 11.8. The molecule has 7 heteroatoms. The van der Waals surface area contributed by atoms with Crippen LogP contribution in [-0.4, -0.2) is 33.0 Å². The molecule has 0 aromatic carbocycles. The highest BCUT2D eigenvalue weighted by molar-refractivity contribution is 7.91. The summed E-state index contributed by atoms with van der Waals surface area (Å²) >= 11 is 0. The summed E-state index contributed by atoms with van der Waals surface area (Å²) < 4.78 is 49.0. The Labute approximate surface area is 74.8 Å². The summed E-state index contributed by atoms with van der Waals surface area (Å²) in [6.07, 6.45) is 0. The van der Waals surface area contributed by atoms with Crippen molar-refractivity contribution in [3.63, 3.8) is 0 Å². The lowest BCUT2D eigenvalue weighted by Crippen LogP contribution is -2.26. The van der Waals surface area contributed by atoms with Gasteiger partial charge in [0.1, 0.15) is 0 Å². The van der Waals surface area contributed by atoms with Gasteiger partial charge in [-0.25, -0.2) is 8.42 Å². The van der Waals surface area contributed by atoms with Crippen molar-refractivity contribution in [3.8, 4) is 0 Å². The molecule has 0 aromatic rings. The van der Waals surface area contributed by atoms with E-state index in [0.717, 1.165) is 7.11 Å². The fraction of sp³-hybridized carbons (Fsp3) is 0.833. The van der Waals surface area contributed by atoms with E-state index in [9.17, 15) is 22.0 Å². The van der Waals surface area contributed by atoms with E-state index >= 15 is 0 Å². The minimum Gasteiger partial charge on any atom is -0.469 e. The fourth-order valence-electron chi connectivity index (χ4n) is 0.690. The van der Waals surface area contributed by atoms with Crippen molar-refractivity contribution in [2.75, 3.05) is 12.9 Å². The summed E-state index contributed by atoms with van der Waals surface area (Å²) in [5.74, 6) is -6.22. The molecular formula is C6H10F2O4S. The predicted molar refractivity (Wildman–Crippen MR) is 41.0 cm³/mol. The first-order chi connectivity index (χ1) is 5.81. The number of esters is 1. The van der Waals surface area contributed by atoms with E-state index in [1.54, 1.807) is 0 Å². The molecule has 1 atom stereocenters. The molecule has 78 valence electrons. The quantitative estimate of drug-likeness (QED) is 0.639. The summed E-state index contributed by atoms with van der Waals surface area (Å²) in [6.45, 7) is 1.21. The normalized spacial score (nSPS) is 14.2. The molecule has 0 amide bonds. The van der Waals surface area contributed by atoms with Gasteiger partial charge in [-0.3, -0.25) is 4.79 Å². The lowest BCUT2D eigenvalue weighted by Gasteiger charge is -2.08. The highest BCUT2D eigenvalue weighted by Crippen LogP contribution is 2.11. The predicted octanol–water partition coefficient (Wildman–Crippen LogP) is 0.433. The molecule has 0 N–H and O–H groups in total. The molecular weight excluding hydrogens is 206 g/mol. The second-order valence-corrected chi connectivity index (χ2v) is 4.53. The molecule has 0 fully saturated rings. The Balaban J connectivity index is 4.38. The van der Waals surface area contributed by atoms with Crippen LogP contribution in [0, 0.1) is 5.92 Å². The zero-order chi connectivity index (χ0) is 10.6. The van der Waals surface area contributed by atoms with Gasteiger partial charge in [0.2, 0.25) is 9.84 Å². The number of alkyl halides is 2. The standard InChI is InChI=1S/C6H10F2O4S/c1-4(5(9)12-2)3-13(10,11)6(7)8/h4,6H,3H2,1-2H3. The van der Waals surface area contributed by atoms with Gasteiger partial charge < -0.3 is 4.74 Å². The molecule has 0 radical (unpaired) electrons. The second kappa shape index (κ2) is 4.50. The zero-order valence-corrected chi connectivity index (χ0v) is 7.98. The van der Waals surface area contributed by atoms with Crippen LogP contribution in [-0.2, 0) is 19.4 Å². The van der Waals surface area contributed by atoms with Crippen LogP contribution in [0.3, 0.4) is 0 Å². The Morgan fingerprint density at radius 3 is 2.23 bits per heavy atom. The Morgan fingerprint density at radius 1 is 1.46 bits per heavy atom. The first-order valence-corrected chi connectivity index (χ1v) is 5.10. The molecule has 0 aromatic heterocycles. The first kappa shape index (κ1) is 12.3. The summed E-state index contributed by atoms with van der Waals surface area (Å²) in [5, 5.41) is 0. The third-order valence-electron chi connectivity index (χ3n) is 1.36. The number of hydrogen-bond donors (Lipinski definition) is 0. The summed E-state index contributed by atoms with van der Waals surface area (Å²) in [5.41, 5.74) is 0. The maximum Gasteiger partial charge on any atom is 0.336 e. The molecule has 0 rings (SSSR count). The van der Waals surface area contributed by atoms with Crippen LogP contribution in [0.1, 0.15) is 6.92 Å². The second-order valence-electron chi connectivity index (χ2n) is 2.51. The third-order valence-corrected chi connectivity index (χ3v) is 2.86.